The maximum Gasteiger partial charge on any atom is 0.142 e. The summed E-state index contributed by atoms with van der Waals surface area (Å²) in [5.74, 6) is 2.36. The first-order valence-electron chi connectivity index (χ1n) is 9.49. The summed E-state index contributed by atoms with van der Waals surface area (Å²) >= 11 is 0. The average Bonchev–Trinajstić information content (AvgIpc) is 3.13. The minimum Gasteiger partial charge on any atom is -0.507 e. The Morgan fingerprint density at radius 2 is 1.71 bits per heavy atom. The second-order valence-corrected chi connectivity index (χ2v) is 6.55. The standard InChI is InChI=1S/C23H23N3O2/c1-3-26(4-2)16-10-12-19(22(27)14-16)23-24-20-13-11-18(15-21(20)25-23)28-17-8-6-5-7-9-17/h5-15,27H,3-4H2,1-2H3,(H,24,25). The molecule has 0 aliphatic rings. The van der Waals surface area contributed by atoms with Crippen LogP contribution in [0.25, 0.3) is 22.4 Å². The van der Waals surface area contributed by atoms with Gasteiger partial charge < -0.3 is 19.7 Å². The molecule has 0 saturated carbocycles. The molecule has 0 aliphatic carbocycles. The van der Waals surface area contributed by atoms with E-state index in [2.05, 4.69) is 28.7 Å². The third-order valence-corrected chi connectivity index (χ3v) is 4.80. The molecule has 4 rings (SSSR count). The fraction of sp³-hybridized carbons (Fsp3) is 0.174. The highest BCUT2D eigenvalue weighted by atomic mass is 16.5. The zero-order valence-electron chi connectivity index (χ0n) is 16.0. The van der Waals surface area contributed by atoms with Crippen LogP contribution in [0.4, 0.5) is 5.69 Å². The van der Waals surface area contributed by atoms with Gasteiger partial charge in [0.2, 0.25) is 0 Å². The first-order valence-corrected chi connectivity index (χ1v) is 9.49. The largest absolute Gasteiger partial charge is 0.507 e. The molecule has 0 bridgehead atoms. The Balaban J connectivity index is 1.64. The van der Waals surface area contributed by atoms with Crippen LogP contribution in [-0.2, 0) is 0 Å². The molecular weight excluding hydrogens is 350 g/mol. The Morgan fingerprint density at radius 1 is 0.929 bits per heavy atom. The van der Waals surface area contributed by atoms with Gasteiger partial charge in [-0.1, -0.05) is 18.2 Å². The third-order valence-electron chi connectivity index (χ3n) is 4.80. The molecule has 5 nitrogen and oxygen atoms in total. The highest BCUT2D eigenvalue weighted by molar-refractivity contribution is 5.82. The summed E-state index contributed by atoms with van der Waals surface area (Å²) in [7, 11) is 0. The van der Waals surface area contributed by atoms with Crippen molar-refractivity contribution in [3.8, 4) is 28.6 Å². The van der Waals surface area contributed by atoms with Crippen molar-refractivity contribution < 1.29 is 9.84 Å². The van der Waals surface area contributed by atoms with Gasteiger partial charge in [0.25, 0.3) is 0 Å². The number of phenolic OH excluding ortho intramolecular Hbond substituents is 1. The number of H-pyrrole nitrogens is 1. The molecule has 0 unspecified atom stereocenters. The van der Waals surface area contributed by atoms with E-state index < -0.39 is 0 Å². The molecule has 28 heavy (non-hydrogen) atoms. The molecule has 1 heterocycles. The first kappa shape index (κ1) is 17.9. The highest BCUT2D eigenvalue weighted by Gasteiger charge is 2.13. The van der Waals surface area contributed by atoms with E-state index in [4.69, 9.17) is 4.74 Å². The maximum atomic E-state index is 10.5. The number of aromatic nitrogens is 2. The molecule has 0 radical (unpaired) electrons. The van der Waals surface area contributed by atoms with E-state index >= 15 is 0 Å². The molecule has 0 aliphatic heterocycles. The number of anilines is 1. The number of fused-ring (bicyclic) bond motifs is 1. The van der Waals surface area contributed by atoms with Gasteiger partial charge in [-0.15, -0.1) is 0 Å². The monoisotopic (exact) mass is 373 g/mol. The third kappa shape index (κ3) is 3.51. The van der Waals surface area contributed by atoms with Crippen molar-refractivity contribution in [2.45, 2.75) is 13.8 Å². The Kier molecular flexibility index (Phi) is 4.89. The summed E-state index contributed by atoms with van der Waals surface area (Å²) < 4.78 is 5.89. The Hall–Kier alpha value is -3.47. The molecular formula is C23H23N3O2. The van der Waals surface area contributed by atoms with Crippen LogP contribution in [0, 0.1) is 0 Å². The summed E-state index contributed by atoms with van der Waals surface area (Å²) in [4.78, 5) is 10.1. The van der Waals surface area contributed by atoms with E-state index in [-0.39, 0.29) is 5.75 Å². The smallest absolute Gasteiger partial charge is 0.142 e. The van der Waals surface area contributed by atoms with Crippen LogP contribution >= 0.6 is 0 Å². The number of rotatable bonds is 6. The second-order valence-electron chi connectivity index (χ2n) is 6.55. The molecule has 4 aromatic rings. The van der Waals surface area contributed by atoms with Gasteiger partial charge in [-0.05, 0) is 50.2 Å². The zero-order valence-corrected chi connectivity index (χ0v) is 16.0. The average molecular weight is 373 g/mol. The van der Waals surface area contributed by atoms with Gasteiger partial charge in [0, 0.05) is 30.9 Å². The number of ether oxygens (including phenoxy) is 1. The summed E-state index contributed by atoms with van der Waals surface area (Å²) in [6, 6.07) is 21.1. The number of aromatic amines is 1. The molecule has 0 atom stereocenters. The van der Waals surface area contributed by atoms with Crippen LogP contribution in [0.5, 0.6) is 17.2 Å². The molecule has 3 aromatic carbocycles. The van der Waals surface area contributed by atoms with Gasteiger partial charge in [0.05, 0.1) is 16.6 Å². The van der Waals surface area contributed by atoms with Gasteiger partial charge in [-0.25, -0.2) is 4.98 Å². The van der Waals surface area contributed by atoms with Crippen molar-refractivity contribution in [2.75, 3.05) is 18.0 Å². The lowest BCUT2D eigenvalue weighted by Crippen LogP contribution is -2.21. The summed E-state index contributed by atoms with van der Waals surface area (Å²) in [6.07, 6.45) is 0. The van der Waals surface area contributed by atoms with Gasteiger partial charge in [0.1, 0.15) is 23.1 Å². The van der Waals surface area contributed by atoms with Crippen molar-refractivity contribution in [3.63, 3.8) is 0 Å². The SMILES string of the molecule is CCN(CC)c1ccc(-c2nc3ccc(Oc4ccccc4)cc3[nH]2)c(O)c1. The number of phenols is 1. The lowest BCUT2D eigenvalue weighted by Gasteiger charge is -2.21. The highest BCUT2D eigenvalue weighted by Crippen LogP contribution is 2.33. The normalized spacial score (nSPS) is 10.9. The number of hydrogen-bond acceptors (Lipinski definition) is 4. The van der Waals surface area contributed by atoms with Crippen LogP contribution in [0.1, 0.15) is 13.8 Å². The van der Waals surface area contributed by atoms with Crippen molar-refractivity contribution >= 4 is 16.7 Å². The topological polar surface area (TPSA) is 61.4 Å². The lowest BCUT2D eigenvalue weighted by molar-refractivity contribution is 0.477. The molecule has 2 N–H and O–H groups in total. The second kappa shape index (κ2) is 7.64. The van der Waals surface area contributed by atoms with Crippen LogP contribution in [0.15, 0.2) is 66.7 Å². The Morgan fingerprint density at radius 3 is 2.43 bits per heavy atom. The van der Waals surface area contributed by atoms with Crippen LogP contribution in [-0.4, -0.2) is 28.2 Å². The molecule has 0 saturated heterocycles. The van der Waals surface area contributed by atoms with E-state index in [0.29, 0.717) is 11.4 Å². The van der Waals surface area contributed by atoms with Gasteiger partial charge in [-0.3, -0.25) is 0 Å². The van der Waals surface area contributed by atoms with Gasteiger partial charge in [0.15, 0.2) is 0 Å². The molecule has 0 spiro atoms. The summed E-state index contributed by atoms with van der Waals surface area (Å²) in [5, 5.41) is 10.5. The number of nitrogens with zero attached hydrogens (tertiary/aromatic N) is 2. The fourth-order valence-electron chi connectivity index (χ4n) is 3.31. The fourth-order valence-corrected chi connectivity index (χ4v) is 3.31. The van der Waals surface area contributed by atoms with Crippen molar-refractivity contribution in [2.24, 2.45) is 0 Å². The van der Waals surface area contributed by atoms with E-state index in [1.807, 2.05) is 60.7 Å². The lowest BCUT2D eigenvalue weighted by atomic mass is 10.1. The van der Waals surface area contributed by atoms with E-state index in [0.717, 1.165) is 41.3 Å². The predicted octanol–water partition coefficient (Wildman–Crippen LogP) is 5.57. The number of nitrogens with one attached hydrogen (secondary N) is 1. The minimum atomic E-state index is 0.212. The van der Waals surface area contributed by atoms with Gasteiger partial charge >= 0.3 is 0 Å². The number of imidazole rings is 1. The van der Waals surface area contributed by atoms with E-state index in [1.54, 1.807) is 6.07 Å². The first-order chi connectivity index (χ1) is 13.7. The quantitative estimate of drug-likeness (QED) is 0.463. The molecule has 0 amide bonds. The minimum absolute atomic E-state index is 0.212. The van der Waals surface area contributed by atoms with Crippen LogP contribution in [0.3, 0.4) is 0 Å². The Bertz CT molecular complexity index is 1090. The Labute approximate surface area is 164 Å². The number of hydrogen-bond donors (Lipinski definition) is 2. The molecule has 142 valence electrons. The predicted molar refractivity (Wildman–Crippen MR) is 113 cm³/mol. The number of para-hydroxylation sites is 1. The molecule has 0 fully saturated rings. The maximum absolute atomic E-state index is 10.5. The number of benzene rings is 3. The van der Waals surface area contributed by atoms with Crippen molar-refractivity contribution in [1.29, 1.82) is 0 Å². The molecule has 1 aromatic heterocycles. The number of aromatic hydroxyl groups is 1. The summed E-state index contributed by atoms with van der Waals surface area (Å²) in [6.45, 7) is 5.99. The van der Waals surface area contributed by atoms with Gasteiger partial charge in [-0.2, -0.15) is 0 Å². The van der Waals surface area contributed by atoms with Crippen LogP contribution in [0.2, 0.25) is 0 Å². The van der Waals surface area contributed by atoms with Crippen LogP contribution < -0.4 is 9.64 Å². The van der Waals surface area contributed by atoms with Crippen molar-refractivity contribution in [3.05, 3.63) is 66.7 Å². The zero-order chi connectivity index (χ0) is 19.5. The molecule has 5 heteroatoms. The van der Waals surface area contributed by atoms with Crippen molar-refractivity contribution in [1.82, 2.24) is 9.97 Å². The van der Waals surface area contributed by atoms with E-state index in [9.17, 15) is 5.11 Å². The van der Waals surface area contributed by atoms with E-state index in [1.165, 1.54) is 0 Å². The summed E-state index contributed by atoms with van der Waals surface area (Å²) in [5.41, 5.74) is 3.36.